The molecular weight excluding hydrogens is 272 g/mol. The lowest BCUT2D eigenvalue weighted by molar-refractivity contribution is -0.131. The van der Waals surface area contributed by atoms with Crippen LogP contribution < -0.4 is 0 Å². The van der Waals surface area contributed by atoms with E-state index in [1.54, 1.807) is 13.2 Å². The molecular formula is C16H22O5. The van der Waals surface area contributed by atoms with Gasteiger partial charge >= 0.3 is 5.97 Å². The van der Waals surface area contributed by atoms with Crippen LogP contribution in [0.4, 0.5) is 0 Å². The molecule has 0 radical (unpaired) electrons. The zero-order valence-corrected chi connectivity index (χ0v) is 12.3. The maximum Gasteiger partial charge on any atom is 0.328 e. The first-order chi connectivity index (χ1) is 10.2. The Balaban J connectivity index is 2.20. The second-order valence-corrected chi connectivity index (χ2v) is 4.43. The summed E-state index contributed by atoms with van der Waals surface area (Å²) in [7, 11) is 1.67. The summed E-state index contributed by atoms with van der Waals surface area (Å²) in [5, 5.41) is 8.59. The van der Waals surface area contributed by atoms with Crippen LogP contribution in [0.1, 0.15) is 17.5 Å². The van der Waals surface area contributed by atoms with Gasteiger partial charge in [-0.3, -0.25) is 0 Å². The average molecular weight is 294 g/mol. The van der Waals surface area contributed by atoms with Crippen molar-refractivity contribution < 1.29 is 24.1 Å². The second kappa shape index (κ2) is 11.0. The Morgan fingerprint density at radius 3 is 2.76 bits per heavy atom. The molecule has 5 nitrogen and oxygen atoms in total. The zero-order valence-electron chi connectivity index (χ0n) is 12.3. The van der Waals surface area contributed by atoms with E-state index in [2.05, 4.69) is 0 Å². The Kier molecular flexibility index (Phi) is 9.11. The van der Waals surface area contributed by atoms with Gasteiger partial charge in [-0.25, -0.2) is 4.79 Å². The van der Waals surface area contributed by atoms with Crippen molar-refractivity contribution in [1.29, 1.82) is 0 Å². The maximum atomic E-state index is 10.5. The van der Waals surface area contributed by atoms with Crippen LogP contribution >= 0.6 is 0 Å². The molecule has 0 heterocycles. The third-order valence-corrected chi connectivity index (χ3v) is 2.65. The normalized spacial score (nSPS) is 11.1. The summed E-state index contributed by atoms with van der Waals surface area (Å²) in [6.07, 6.45) is 3.56. The number of hydrogen-bond donors (Lipinski definition) is 1. The fraction of sp³-hybridized carbons (Fsp3) is 0.438. The first-order valence-electron chi connectivity index (χ1n) is 6.86. The monoisotopic (exact) mass is 294 g/mol. The molecule has 116 valence electrons. The molecule has 0 saturated carbocycles. The Hall–Kier alpha value is -1.69. The van der Waals surface area contributed by atoms with Gasteiger partial charge in [-0.2, -0.15) is 0 Å². The topological polar surface area (TPSA) is 65.0 Å². The minimum atomic E-state index is -0.956. The van der Waals surface area contributed by atoms with E-state index in [-0.39, 0.29) is 0 Å². The van der Waals surface area contributed by atoms with E-state index in [1.807, 2.05) is 24.3 Å². The first kappa shape index (κ1) is 17.4. The fourth-order valence-corrected chi connectivity index (χ4v) is 1.67. The molecule has 0 spiro atoms. The summed E-state index contributed by atoms with van der Waals surface area (Å²) in [6.45, 7) is 2.95. The van der Waals surface area contributed by atoms with Crippen molar-refractivity contribution in [2.24, 2.45) is 0 Å². The molecule has 1 aromatic carbocycles. The number of aliphatic carboxylic acids is 1. The van der Waals surface area contributed by atoms with Gasteiger partial charge < -0.3 is 19.3 Å². The SMILES string of the molecule is COCCCOCCOCc1cccc(/C=C/C(=O)O)c1. The van der Waals surface area contributed by atoms with Crippen LogP contribution in [0.3, 0.4) is 0 Å². The predicted molar refractivity (Wildman–Crippen MR) is 80.1 cm³/mol. The van der Waals surface area contributed by atoms with Crippen LogP contribution in [0.15, 0.2) is 30.3 Å². The molecule has 0 saturated heterocycles. The third-order valence-electron chi connectivity index (χ3n) is 2.65. The van der Waals surface area contributed by atoms with Crippen molar-refractivity contribution in [1.82, 2.24) is 0 Å². The highest BCUT2D eigenvalue weighted by atomic mass is 16.5. The molecule has 1 N–H and O–H groups in total. The highest BCUT2D eigenvalue weighted by Crippen LogP contribution is 2.08. The fourth-order valence-electron chi connectivity index (χ4n) is 1.67. The molecule has 1 aromatic rings. The summed E-state index contributed by atoms with van der Waals surface area (Å²) in [5.74, 6) is -0.956. The van der Waals surface area contributed by atoms with Crippen molar-refractivity contribution in [3.63, 3.8) is 0 Å². The van der Waals surface area contributed by atoms with E-state index in [4.69, 9.17) is 19.3 Å². The van der Waals surface area contributed by atoms with Crippen molar-refractivity contribution in [2.75, 3.05) is 33.5 Å². The average Bonchev–Trinajstić information content (AvgIpc) is 2.48. The van der Waals surface area contributed by atoms with Crippen LogP contribution in [0.25, 0.3) is 6.08 Å². The van der Waals surface area contributed by atoms with Crippen LogP contribution in [0.2, 0.25) is 0 Å². The number of rotatable bonds is 11. The number of carbonyl (C=O) groups is 1. The van der Waals surface area contributed by atoms with Gasteiger partial charge in [0.05, 0.1) is 19.8 Å². The minimum absolute atomic E-state index is 0.482. The van der Waals surface area contributed by atoms with Gasteiger partial charge in [0.25, 0.3) is 0 Å². The van der Waals surface area contributed by atoms with E-state index in [0.29, 0.717) is 33.0 Å². The molecule has 5 heteroatoms. The molecule has 0 aromatic heterocycles. The van der Waals surface area contributed by atoms with Gasteiger partial charge in [0, 0.05) is 26.4 Å². The van der Waals surface area contributed by atoms with Crippen molar-refractivity contribution >= 4 is 12.0 Å². The lowest BCUT2D eigenvalue weighted by Crippen LogP contribution is -2.06. The summed E-state index contributed by atoms with van der Waals surface area (Å²) in [6, 6.07) is 7.57. The Labute approximate surface area is 125 Å². The Morgan fingerprint density at radius 2 is 2.00 bits per heavy atom. The Bertz CT molecular complexity index is 442. The van der Waals surface area contributed by atoms with Crippen LogP contribution in [-0.4, -0.2) is 44.6 Å². The number of carboxylic acid groups (broad SMARTS) is 1. The lowest BCUT2D eigenvalue weighted by Gasteiger charge is -2.06. The van der Waals surface area contributed by atoms with E-state index >= 15 is 0 Å². The van der Waals surface area contributed by atoms with Crippen molar-refractivity contribution in [3.8, 4) is 0 Å². The quantitative estimate of drug-likeness (QED) is 0.501. The van der Waals surface area contributed by atoms with Gasteiger partial charge in [0.15, 0.2) is 0 Å². The highest BCUT2D eigenvalue weighted by Gasteiger charge is 1.96. The van der Waals surface area contributed by atoms with E-state index in [0.717, 1.165) is 23.6 Å². The molecule has 0 aliphatic rings. The highest BCUT2D eigenvalue weighted by molar-refractivity contribution is 5.85. The summed E-state index contributed by atoms with van der Waals surface area (Å²) in [5.41, 5.74) is 1.84. The first-order valence-corrected chi connectivity index (χ1v) is 6.86. The molecule has 0 aliphatic heterocycles. The van der Waals surface area contributed by atoms with Gasteiger partial charge in [0.2, 0.25) is 0 Å². The number of carboxylic acids is 1. The molecule has 0 amide bonds. The molecule has 1 rings (SSSR count). The molecule has 0 fully saturated rings. The smallest absolute Gasteiger partial charge is 0.328 e. The van der Waals surface area contributed by atoms with Crippen LogP contribution in [-0.2, 0) is 25.6 Å². The van der Waals surface area contributed by atoms with Gasteiger partial charge in [0.1, 0.15) is 0 Å². The van der Waals surface area contributed by atoms with E-state index < -0.39 is 5.97 Å². The van der Waals surface area contributed by atoms with Gasteiger partial charge in [-0.1, -0.05) is 18.2 Å². The number of methoxy groups -OCH3 is 1. The number of hydrogen-bond acceptors (Lipinski definition) is 4. The second-order valence-electron chi connectivity index (χ2n) is 4.43. The molecule has 0 atom stereocenters. The van der Waals surface area contributed by atoms with Gasteiger partial charge in [-0.15, -0.1) is 0 Å². The summed E-state index contributed by atoms with van der Waals surface area (Å²) >= 11 is 0. The summed E-state index contributed by atoms with van der Waals surface area (Å²) < 4.78 is 15.8. The van der Waals surface area contributed by atoms with Crippen LogP contribution in [0, 0.1) is 0 Å². The molecule has 0 bridgehead atoms. The summed E-state index contributed by atoms with van der Waals surface area (Å²) in [4.78, 5) is 10.5. The van der Waals surface area contributed by atoms with E-state index in [1.165, 1.54) is 0 Å². The lowest BCUT2D eigenvalue weighted by atomic mass is 10.1. The third kappa shape index (κ3) is 8.96. The number of ether oxygens (including phenoxy) is 3. The predicted octanol–water partition coefficient (Wildman–Crippen LogP) is 2.35. The molecule has 0 aliphatic carbocycles. The molecule has 21 heavy (non-hydrogen) atoms. The van der Waals surface area contributed by atoms with Gasteiger partial charge in [-0.05, 0) is 29.7 Å². The zero-order chi connectivity index (χ0) is 15.3. The number of benzene rings is 1. The largest absolute Gasteiger partial charge is 0.478 e. The standard InChI is InChI=1S/C16H22O5/c1-19-8-3-9-20-10-11-21-13-15-5-2-4-14(12-15)6-7-16(17)18/h2,4-7,12H,3,8-11,13H2,1H3,(H,17,18)/b7-6+. The Morgan fingerprint density at radius 1 is 1.19 bits per heavy atom. The molecule has 0 unspecified atom stereocenters. The van der Waals surface area contributed by atoms with E-state index in [9.17, 15) is 4.79 Å². The van der Waals surface area contributed by atoms with Crippen LogP contribution in [0.5, 0.6) is 0 Å². The maximum absolute atomic E-state index is 10.5. The van der Waals surface area contributed by atoms with Crippen molar-refractivity contribution in [3.05, 3.63) is 41.5 Å². The minimum Gasteiger partial charge on any atom is -0.478 e. The van der Waals surface area contributed by atoms with Crippen molar-refractivity contribution in [2.45, 2.75) is 13.0 Å².